The van der Waals surface area contributed by atoms with Crippen molar-refractivity contribution < 1.29 is 4.42 Å². The minimum absolute atomic E-state index is 0.607. The summed E-state index contributed by atoms with van der Waals surface area (Å²) in [6, 6.07) is 42.0. The molecule has 0 aliphatic rings. The summed E-state index contributed by atoms with van der Waals surface area (Å²) in [4.78, 5) is 15.6. The van der Waals surface area contributed by atoms with Crippen molar-refractivity contribution in [3.63, 3.8) is 0 Å². The summed E-state index contributed by atoms with van der Waals surface area (Å²) in [5, 5.41) is 4.82. The van der Waals surface area contributed by atoms with Gasteiger partial charge in [-0.05, 0) is 51.2 Å². The molecule has 0 atom stereocenters. The first-order chi connectivity index (χ1) is 27.7. The molecular weight excluding hydrogens is 706 g/mol. The van der Waals surface area contributed by atoms with Crippen LogP contribution in [0.2, 0.25) is 0 Å². The van der Waals surface area contributed by atoms with Gasteiger partial charge in [-0.1, -0.05) is 130 Å². The van der Waals surface area contributed by atoms with Gasteiger partial charge in [-0.15, -0.1) is 22.3 Å². The van der Waals surface area contributed by atoms with E-state index in [2.05, 4.69) is 140 Å². The first-order valence-corrected chi connectivity index (χ1v) is 20.3. The van der Waals surface area contributed by atoms with Crippen LogP contribution < -0.4 is 38.2 Å². The van der Waals surface area contributed by atoms with E-state index in [4.69, 9.17) is 19.4 Å². The summed E-state index contributed by atoms with van der Waals surface area (Å²) in [5.74, 6) is 1.85. The molecule has 57 heavy (non-hydrogen) atoms. The number of rotatable bonds is 5. The highest BCUT2D eigenvalue weighted by molar-refractivity contribution is 7.28. The summed E-state index contributed by atoms with van der Waals surface area (Å²) in [6.45, 7) is 0. The zero-order valence-corrected chi connectivity index (χ0v) is 34.0. The fourth-order valence-corrected chi connectivity index (χ4v) is 10.3. The molecular formula is C45H34B7N3OS. The molecule has 3 aromatic heterocycles. The van der Waals surface area contributed by atoms with E-state index in [1.54, 1.807) is 0 Å². The van der Waals surface area contributed by atoms with E-state index < -0.39 is 0 Å². The molecule has 3 heterocycles. The molecule has 0 aliphatic heterocycles. The Morgan fingerprint density at radius 1 is 0.386 bits per heavy atom. The van der Waals surface area contributed by atoms with Crippen LogP contribution in [0.5, 0.6) is 0 Å². The number of aromatic nitrogens is 3. The SMILES string of the molecule is Bc1c(B)c(B)c2c(sc3c(B)c(B)c(-c4cccc(-c5nc(-c6ccc(-c7ccccc7)cc6)nc(-c6cccc7oc8ccccc8c67)n5)c4)c(B)c32)c1B. The van der Waals surface area contributed by atoms with Crippen LogP contribution in [0.4, 0.5) is 0 Å². The molecule has 0 saturated carbocycles. The van der Waals surface area contributed by atoms with E-state index in [1.807, 2.05) is 47.7 Å². The van der Waals surface area contributed by atoms with E-state index in [1.165, 1.54) is 69.5 Å². The fraction of sp³-hybridized carbons (Fsp3) is 0. The Morgan fingerprint density at radius 3 is 1.70 bits per heavy atom. The van der Waals surface area contributed by atoms with Crippen molar-refractivity contribution in [1.82, 2.24) is 15.0 Å². The van der Waals surface area contributed by atoms with Gasteiger partial charge in [0.25, 0.3) is 0 Å². The number of nitrogens with zero attached hydrogens (tertiary/aromatic N) is 3. The summed E-state index contributed by atoms with van der Waals surface area (Å²) < 4.78 is 9.10. The van der Waals surface area contributed by atoms with Gasteiger partial charge in [-0.2, -0.15) is 0 Å². The first kappa shape index (κ1) is 35.4. The second kappa shape index (κ2) is 13.6. The molecule has 0 radical (unpaired) electrons. The highest BCUT2D eigenvalue weighted by Crippen LogP contribution is 2.37. The predicted octanol–water partition coefficient (Wildman–Crippen LogP) is 0.283. The quantitative estimate of drug-likeness (QED) is 0.239. The van der Waals surface area contributed by atoms with Gasteiger partial charge in [0.2, 0.25) is 0 Å². The van der Waals surface area contributed by atoms with Gasteiger partial charge in [-0.3, -0.25) is 0 Å². The maximum atomic E-state index is 6.30. The van der Waals surface area contributed by atoms with Gasteiger partial charge in [0.05, 0.1) is 0 Å². The minimum Gasteiger partial charge on any atom is -0.456 e. The van der Waals surface area contributed by atoms with E-state index in [9.17, 15) is 0 Å². The van der Waals surface area contributed by atoms with Crippen LogP contribution >= 0.6 is 11.3 Å². The topological polar surface area (TPSA) is 51.8 Å². The maximum absolute atomic E-state index is 6.30. The Morgan fingerprint density at radius 2 is 0.930 bits per heavy atom. The lowest BCUT2D eigenvalue weighted by atomic mass is 9.64. The predicted molar refractivity (Wildman–Crippen MR) is 264 cm³/mol. The van der Waals surface area contributed by atoms with Crippen molar-refractivity contribution in [3.8, 4) is 56.4 Å². The molecule has 0 amide bonds. The molecule has 4 nitrogen and oxygen atoms in total. The third-order valence-corrected chi connectivity index (χ3v) is 13.7. The molecule has 0 saturated heterocycles. The zero-order valence-electron chi connectivity index (χ0n) is 33.2. The van der Waals surface area contributed by atoms with Crippen LogP contribution in [0.15, 0.2) is 126 Å². The second-order valence-electron chi connectivity index (χ2n) is 15.4. The number of benzene rings is 7. The summed E-state index contributed by atoms with van der Waals surface area (Å²) in [5.41, 5.74) is 18.7. The van der Waals surface area contributed by atoms with E-state index in [-0.39, 0.29) is 0 Å². The molecule has 0 fully saturated rings. The van der Waals surface area contributed by atoms with Crippen LogP contribution in [-0.2, 0) is 0 Å². The van der Waals surface area contributed by atoms with Crippen LogP contribution in [0.3, 0.4) is 0 Å². The molecule has 0 bridgehead atoms. The number of fused-ring (bicyclic) bond motifs is 6. The Labute approximate surface area is 342 Å². The van der Waals surface area contributed by atoms with Crippen LogP contribution in [0.25, 0.3) is 98.5 Å². The van der Waals surface area contributed by atoms with Gasteiger partial charge in [0.15, 0.2) is 17.5 Å². The van der Waals surface area contributed by atoms with Crippen LogP contribution in [0.1, 0.15) is 0 Å². The largest absolute Gasteiger partial charge is 0.456 e. The summed E-state index contributed by atoms with van der Waals surface area (Å²) >= 11 is 1.95. The number of hydrogen-bond acceptors (Lipinski definition) is 5. The van der Waals surface area contributed by atoms with E-state index in [0.717, 1.165) is 49.8 Å². The lowest BCUT2D eigenvalue weighted by molar-refractivity contribution is 0.669. The maximum Gasteiger partial charge on any atom is 0.164 e. The minimum atomic E-state index is 0.607. The Bertz CT molecular complexity index is 3270. The number of hydrogen-bond donors (Lipinski definition) is 0. The van der Waals surface area contributed by atoms with Gasteiger partial charge in [0.1, 0.15) is 66.1 Å². The van der Waals surface area contributed by atoms with Crippen molar-refractivity contribution in [1.29, 1.82) is 0 Å². The Hall–Kier alpha value is -5.98. The smallest absolute Gasteiger partial charge is 0.164 e. The molecule has 10 aromatic rings. The second-order valence-corrected chi connectivity index (χ2v) is 16.4. The van der Waals surface area contributed by atoms with Gasteiger partial charge in [-0.25, -0.2) is 15.0 Å². The monoisotopic (exact) mass is 741 g/mol. The van der Waals surface area contributed by atoms with Crippen molar-refractivity contribution in [2.45, 2.75) is 0 Å². The highest BCUT2D eigenvalue weighted by atomic mass is 32.1. The average Bonchev–Trinajstić information content (AvgIpc) is 3.85. The van der Waals surface area contributed by atoms with Crippen LogP contribution in [-0.4, -0.2) is 69.9 Å². The average molecular weight is 741 g/mol. The Kier molecular flexibility index (Phi) is 8.46. The first-order valence-electron chi connectivity index (χ1n) is 19.5. The van der Waals surface area contributed by atoms with Gasteiger partial charge in [0, 0.05) is 36.9 Å². The van der Waals surface area contributed by atoms with Gasteiger partial charge >= 0.3 is 0 Å². The number of para-hydroxylation sites is 1. The van der Waals surface area contributed by atoms with Gasteiger partial charge < -0.3 is 4.42 Å². The molecule has 0 unspecified atom stereocenters. The molecule has 10 rings (SSSR count). The molecule has 262 valence electrons. The van der Waals surface area contributed by atoms with E-state index in [0.29, 0.717) is 17.5 Å². The number of thiophene rings is 1. The van der Waals surface area contributed by atoms with Crippen molar-refractivity contribution in [2.75, 3.05) is 0 Å². The van der Waals surface area contributed by atoms with Crippen LogP contribution in [0, 0.1) is 0 Å². The molecule has 0 spiro atoms. The third-order valence-electron chi connectivity index (χ3n) is 12.3. The third kappa shape index (κ3) is 5.64. The number of furan rings is 1. The van der Waals surface area contributed by atoms with Crippen molar-refractivity contribution in [2.24, 2.45) is 0 Å². The lowest BCUT2D eigenvalue weighted by Crippen LogP contribution is -2.47. The van der Waals surface area contributed by atoms with E-state index >= 15 is 0 Å². The lowest BCUT2D eigenvalue weighted by Gasteiger charge is -2.18. The Balaban J connectivity index is 1.18. The zero-order chi connectivity index (χ0) is 39.1. The standard InChI is InChI=1S/C45H34B7N3OS/c46-34-30(35(47)39(51)41-32(34)33-36(48)37(49)38(50)40(52)42(33)57-41)24-10-6-11-25(20-24)44-53-43(23-18-16-22(17-19-23)21-8-2-1-3-9-21)54-45(55-44)27-13-7-15-29-31(27)26-12-4-5-14-28(26)56-29/h1-20H,46-52H2. The molecule has 0 aliphatic carbocycles. The fourth-order valence-electron chi connectivity index (χ4n) is 8.76. The normalized spacial score (nSPS) is 11.6. The van der Waals surface area contributed by atoms with Crippen molar-refractivity contribution in [3.05, 3.63) is 121 Å². The highest BCUT2D eigenvalue weighted by Gasteiger charge is 2.22. The molecule has 12 heteroatoms. The molecule has 0 N–H and O–H groups in total. The summed E-state index contributed by atoms with van der Waals surface area (Å²) in [7, 11) is 16.0. The van der Waals surface area contributed by atoms with Crippen molar-refractivity contribution >= 4 is 147 Å². The summed E-state index contributed by atoms with van der Waals surface area (Å²) in [6.07, 6.45) is 0. The molecule has 7 aromatic carbocycles.